The monoisotopic (exact) mass is 474 g/mol. The van der Waals surface area contributed by atoms with Crippen molar-refractivity contribution in [1.82, 2.24) is 9.62 Å². The van der Waals surface area contributed by atoms with Gasteiger partial charge in [0.1, 0.15) is 10.7 Å². The molecule has 0 aromatic heterocycles. The Balaban J connectivity index is 1.40. The summed E-state index contributed by atoms with van der Waals surface area (Å²) in [5.41, 5.74) is 2.14. The number of aryl methyl sites for hydroxylation is 1. The number of esters is 1. The minimum atomic E-state index is -4.06. The number of carbonyl (C=O) groups excluding carboxylic acids is 2. The molecule has 1 amide bonds. The van der Waals surface area contributed by atoms with E-state index in [0.29, 0.717) is 25.9 Å². The lowest BCUT2D eigenvalue weighted by Gasteiger charge is -2.26. The molecular weight excluding hydrogens is 447 g/mol. The van der Waals surface area contributed by atoms with Crippen molar-refractivity contribution in [2.24, 2.45) is 0 Å². The van der Waals surface area contributed by atoms with Crippen molar-refractivity contribution in [3.8, 4) is 0 Å². The van der Waals surface area contributed by atoms with Crippen molar-refractivity contribution in [1.29, 1.82) is 0 Å². The van der Waals surface area contributed by atoms with Crippen molar-refractivity contribution in [3.05, 3.63) is 65.0 Å². The highest BCUT2D eigenvalue weighted by atomic mass is 32.2. The highest BCUT2D eigenvalue weighted by Gasteiger charge is 2.30. The molecule has 4 rings (SSSR count). The first-order chi connectivity index (χ1) is 15.9. The van der Waals surface area contributed by atoms with Crippen LogP contribution in [-0.4, -0.2) is 44.3 Å². The van der Waals surface area contributed by atoms with Gasteiger partial charge < -0.3 is 10.1 Å². The maximum Gasteiger partial charge on any atom is 0.338 e. The zero-order valence-electron chi connectivity index (χ0n) is 18.3. The molecule has 176 valence electrons. The third-order valence-corrected chi connectivity index (χ3v) is 8.05. The maximum atomic E-state index is 14.4. The molecular formula is C24H27FN2O5S. The molecule has 33 heavy (non-hydrogen) atoms. The number of piperidine rings is 1. The summed E-state index contributed by atoms with van der Waals surface area (Å²) in [5, 5.41) is 2.89. The van der Waals surface area contributed by atoms with E-state index in [2.05, 4.69) is 5.32 Å². The fraction of sp³-hybridized carbons (Fsp3) is 0.417. The molecule has 2 aromatic carbocycles. The first-order valence-electron chi connectivity index (χ1n) is 11.2. The van der Waals surface area contributed by atoms with Crippen LogP contribution in [0.3, 0.4) is 0 Å². The van der Waals surface area contributed by atoms with Gasteiger partial charge in [-0.05, 0) is 61.4 Å². The zero-order chi connectivity index (χ0) is 23.4. The summed E-state index contributed by atoms with van der Waals surface area (Å²) >= 11 is 0. The molecule has 1 atom stereocenters. The molecule has 1 heterocycles. The van der Waals surface area contributed by atoms with E-state index < -0.39 is 39.2 Å². The first kappa shape index (κ1) is 23.4. The topological polar surface area (TPSA) is 92.8 Å². The lowest BCUT2D eigenvalue weighted by Crippen LogP contribution is -2.36. The van der Waals surface area contributed by atoms with Gasteiger partial charge in [-0.2, -0.15) is 4.31 Å². The van der Waals surface area contributed by atoms with Crippen molar-refractivity contribution in [2.75, 3.05) is 19.7 Å². The normalized spacial score (nSPS) is 18.9. The molecule has 9 heteroatoms. The van der Waals surface area contributed by atoms with Gasteiger partial charge in [-0.1, -0.05) is 30.7 Å². The number of hydrogen-bond acceptors (Lipinski definition) is 5. The molecule has 2 aromatic rings. The number of sulfonamides is 1. The van der Waals surface area contributed by atoms with Gasteiger partial charge in [0.05, 0.1) is 11.6 Å². The van der Waals surface area contributed by atoms with E-state index >= 15 is 0 Å². The van der Waals surface area contributed by atoms with Crippen LogP contribution in [0.15, 0.2) is 47.4 Å². The molecule has 1 aliphatic carbocycles. The summed E-state index contributed by atoms with van der Waals surface area (Å²) in [6.45, 7) is 0.130. The number of hydrogen-bond donors (Lipinski definition) is 1. The predicted molar refractivity (Wildman–Crippen MR) is 120 cm³/mol. The number of nitrogens with zero attached hydrogens (tertiary/aromatic N) is 1. The average Bonchev–Trinajstić information content (AvgIpc) is 2.83. The smallest absolute Gasteiger partial charge is 0.338 e. The fourth-order valence-electron chi connectivity index (χ4n) is 4.43. The molecule has 1 aliphatic heterocycles. The lowest BCUT2D eigenvalue weighted by atomic mass is 9.88. The van der Waals surface area contributed by atoms with Crippen LogP contribution in [0.4, 0.5) is 4.39 Å². The third-order valence-electron chi connectivity index (χ3n) is 6.14. The number of benzene rings is 2. The van der Waals surface area contributed by atoms with E-state index in [9.17, 15) is 22.4 Å². The molecule has 0 radical (unpaired) electrons. The van der Waals surface area contributed by atoms with Crippen molar-refractivity contribution >= 4 is 21.9 Å². The van der Waals surface area contributed by atoms with Crippen LogP contribution < -0.4 is 5.32 Å². The largest absolute Gasteiger partial charge is 0.452 e. The highest BCUT2D eigenvalue weighted by Crippen LogP contribution is 2.29. The van der Waals surface area contributed by atoms with Gasteiger partial charge in [0, 0.05) is 13.1 Å². The number of rotatable bonds is 6. The van der Waals surface area contributed by atoms with E-state index in [0.717, 1.165) is 49.4 Å². The fourth-order valence-corrected chi connectivity index (χ4v) is 6.03. The summed E-state index contributed by atoms with van der Waals surface area (Å²) in [6, 6.07) is 10.8. The standard InChI is InChI=1S/C24H27FN2O5S/c25-20-12-11-18(15-22(20)33(30,31)27-13-4-1-5-14-27)24(29)32-16-23(28)26-21-10-6-8-17-7-2-3-9-19(17)21/h2-3,7,9,11-12,15,21H,1,4-6,8,10,13-14,16H2,(H,26,28). The van der Waals surface area contributed by atoms with Crippen LogP contribution in [0, 0.1) is 5.82 Å². The quantitative estimate of drug-likeness (QED) is 0.648. The van der Waals surface area contributed by atoms with Crippen molar-refractivity contribution in [3.63, 3.8) is 0 Å². The van der Waals surface area contributed by atoms with Crippen LogP contribution >= 0.6 is 0 Å². The number of nitrogens with one attached hydrogen (secondary N) is 1. The molecule has 0 bridgehead atoms. The molecule has 1 N–H and O–H groups in total. The van der Waals surface area contributed by atoms with Crippen LogP contribution in [0.1, 0.15) is 59.6 Å². The molecule has 0 saturated carbocycles. The third kappa shape index (κ3) is 5.25. The molecule has 2 aliphatic rings. The SMILES string of the molecule is O=C(COC(=O)c1ccc(F)c(S(=O)(=O)N2CCCCC2)c1)NC1CCCc2ccccc21. The van der Waals surface area contributed by atoms with Crippen LogP contribution in [0.5, 0.6) is 0 Å². The van der Waals surface area contributed by atoms with Gasteiger partial charge in [0.25, 0.3) is 5.91 Å². The maximum absolute atomic E-state index is 14.4. The Bertz CT molecular complexity index is 1150. The molecule has 1 unspecified atom stereocenters. The Morgan fingerprint density at radius 3 is 2.61 bits per heavy atom. The van der Waals surface area contributed by atoms with E-state index in [4.69, 9.17) is 4.74 Å². The summed E-state index contributed by atoms with van der Waals surface area (Å²) in [5.74, 6) is -2.26. The number of amides is 1. The van der Waals surface area contributed by atoms with E-state index in [1.165, 1.54) is 9.87 Å². The van der Waals surface area contributed by atoms with Gasteiger partial charge in [0.15, 0.2) is 6.61 Å². The second kappa shape index (κ2) is 10.0. The average molecular weight is 475 g/mol. The molecule has 7 nitrogen and oxygen atoms in total. The van der Waals surface area contributed by atoms with Gasteiger partial charge in [-0.15, -0.1) is 0 Å². The zero-order valence-corrected chi connectivity index (χ0v) is 19.1. The van der Waals surface area contributed by atoms with Crippen molar-refractivity contribution in [2.45, 2.75) is 49.5 Å². The molecule has 0 spiro atoms. The summed E-state index contributed by atoms with van der Waals surface area (Å²) in [6.07, 6.45) is 5.06. The predicted octanol–water partition coefficient (Wildman–Crippen LogP) is 3.35. The Morgan fingerprint density at radius 1 is 1.06 bits per heavy atom. The first-order valence-corrected chi connectivity index (χ1v) is 12.6. The minimum absolute atomic E-state index is 0.122. The Hall–Kier alpha value is -2.78. The molecule has 1 fully saturated rings. The van der Waals surface area contributed by atoms with Crippen LogP contribution in [0.2, 0.25) is 0 Å². The van der Waals surface area contributed by atoms with E-state index in [1.807, 2.05) is 24.3 Å². The summed E-state index contributed by atoms with van der Waals surface area (Å²) in [7, 11) is -4.06. The van der Waals surface area contributed by atoms with Crippen molar-refractivity contribution < 1.29 is 27.1 Å². The second-order valence-electron chi connectivity index (χ2n) is 8.40. The molecule has 1 saturated heterocycles. The van der Waals surface area contributed by atoms with Gasteiger partial charge in [-0.25, -0.2) is 17.6 Å². The Morgan fingerprint density at radius 2 is 1.82 bits per heavy atom. The highest BCUT2D eigenvalue weighted by molar-refractivity contribution is 7.89. The summed E-state index contributed by atoms with van der Waals surface area (Å²) < 4.78 is 46.4. The van der Waals surface area contributed by atoms with Crippen LogP contribution in [-0.2, 0) is 26.0 Å². The Kier molecular flexibility index (Phi) is 7.09. The second-order valence-corrected chi connectivity index (χ2v) is 10.3. The van der Waals surface area contributed by atoms with Crippen LogP contribution in [0.25, 0.3) is 0 Å². The van der Waals surface area contributed by atoms with Gasteiger partial charge in [0.2, 0.25) is 10.0 Å². The number of halogens is 1. The number of fused-ring (bicyclic) bond motifs is 1. The van der Waals surface area contributed by atoms with Gasteiger partial charge >= 0.3 is 5.97 Å². The van der Waals surface area contributed by atoms with E-state index in [-0.39, 0.29) is 11.6 Å². The Labute approximate surface area is 193 Å². The van der Waals surface area contributed by atoms with E-state index in [1.54, 1.807) is 0 Å². The lowest BCUT2D eigenvalue weighted by molar-refractivity contribution is -0.125. The summed E-state index contributed by atoms with van der Waals surface area (Å²) in [4.78, 5) is 24.3. The van der Waals surface area contributed by atoms with Gasteiger partial charge in [-0.3, -0.25) is 4.79 Å². The number of carbonyl (C=O) groups is 2. The number of ether oxygens (including phenoxy) is 1. The minimum Gasteiger partial charge on any atom is -0.452 e.